The van der Waals surface area contributed by atoms with Gasteiger partial charge in [0.2, 0.25) is 5.82 Å². The second-order valence-corrected chi connectivity index (χ2v) is 4.18. The van der Waals surface area contributed by atoms with Crippen molar-refractivity contribution < 1.29 is 27.2 Å². The Morgan fingerprint density at radius 1 is 1.48 bits per heavy atom. The van der Waals surface area contributed by atoms with Gasteiger partial charge >= 0.3 is 18.2 Å². The van der Waals surface area contributed by atoms with Gasteiger partial charge in [0.25, 0.3) is 0 Å². The monoisotopic (exact) mass is 327 g/mol. The lowest BCUT2D eigenvalue weighted by Gasteiger charge is -2.12. The Kier molecular flexibility index (Phi) is 4.44. The number of carbonyl (C=O) groups excluding carboxylic acids is 1. The predicted molar refractivity (Wildman–Crippen MR) is 66.8 cm³/mol. The van der Waals surface area contributed by atoms with Crippen LogP contribution in [0.5, 0.6) is 5.75 Å². The summed E-state index contributed by atoms with van der Waals surface area (Å²) in [5, 5.41) is 11.6. The lowest BCUT2D eigenvalue weighted by Crippen LogP contribution is -2.29. The Balaban J connectivity index is 2.09. The van der Waals surface area contributed by atoms with Gasteiger partial charge in [-0.15, -0.1) is 0 Å². The number of ether oxygens (including phenoxy) is 1. The lowest BCUT2D eigenvalue weighted by atomic mass is 10.3. The van der Waals surface area contributed by atoms with Crippen molar-refractivity contribution in [3.63, 3.8) is 0 Å². The fraction of sp³-hybridized carbons (Fsp3) is 0.250. The molecule has 2 aromatic heterocycles. The molecule has 0 aliphatic carbocycles. The van der Waals surface area contributed by atoms with Crippen molar-refractivity contribution in [2.45, 2.75) is 6.18 Å². The van der Waals surface area contributed by atoms with Gasteiger partial charge in [-0.05, 0) is 12.1 Å². The minimum absolute atomic E-state index is 0.00873. The Hall–Kier alpha value is -3.16. The summed E-state index contributed by atoms with van der Waals surface area (Å²) in [5.41, 5.74) is 0.00873. The zero-order valence-corrected chi connectivity index (χ0v) is 11.5. The van der Waals surface area contributed by atoms with Crippen molar-refractivity contribution in [2.75, 3.05) is 13.6 Å². The van der Waals surface area contributed by atoms with Crippen LogP contribution in [0.25, 0.3) is 11.5 Å². The molecule has 0 N–H and O–H groups in total. The van der Waals surface area contributed by atoms with Crippen LogP contribution in [0, 0.1) is 11.3 Å². The third-order valence-electron chi connectivity index (χ3n) is 2.46. The number of aromatic nitrogens is 3. The SMILES string of the molecule is CN(CC#N)C(=O)Oc1ccc(-c2noc(C(F)(F)F)n2)nc1. The van der Waals surface area contributed by atoms with Crippen LogP contribution in [-0.2, 0) is 6.18 Å². The molecular formula is C12H8F3N5O3. The topological polar surface area (TPSA) is 105 Å². The molecule has 0 aliphatic heterocycles. The van der Waals surface area contributed by atoms with Gasteiger partial charge in [-0.2, -0.15) is 23.4 Å². The van der Waals surface area contributed by atoms with Crippen molar-refractivity contribution in [1.29, 1.82) is 5.26 Å². The Bertz CT molecular complexity index is 736. The molecular weight excluding hydrogens is 319 g/mol. The number of halogens is 3. The number of rotatable bonds is 3. The third-order valence-corrected chi connectivity index (χ3v) is 2.46. The van der Waals surface area contributed by atoms with Gasteiger partial charge in [0.05, 0.1) is 12.3 Å². The van der Waals surface area contributed by atoms with E-state index in [9.17, 15) is 18.0 Å². The van der Waals surface area contributed by atoms with Crippen LogP contribution in [0.1, 0.15) is 5.89 Å². The summed E-state index contributed by atoms with van der Waals surface area (Å²) in [7, 11) is 1.37. The standard InChI is InChI=1S/C12H8F3N5O3/c1-20(5-4-16)11(21)22-7-2-3-8(17-6-7)9-18-10(23-19-9)12(13,14)15/h2-3,6H,5H2,1H3. The minimum atomic E-state index is -4.74. The van der Waals surface area contributed by atoms with E-state index in [4.69, 9.17) is 10.00 Å². The Labute approximate surface area is 127 Å². The van der Waals surface area contributed by atoms with E-state index < -0.39 is 18.2 Å². The molecule has 2 aromatic rings. The van der Waals surface area contributed by atoms with Gasteiger partial charge in [0.15, 0.2) is 5.75 Å². The van der Waals surface area contributed by atoms with Crippen molar-refractivity contribution in [3.8, 4) is 23.3 Å². The molecule has 120 valence electrons. The van der Waals surface area contributed by atoms with Gasteiger partial charge in [0, 0.05) is 7.05 Å². The van der Waals surface area contributed by atoms with E-state index in [2.05, 4.69) is 19.6 Å². The van der Waals surface area contributed by atoms with Gasteiger partial charge < -0.3 is 9.26 Å². The second-order valence-electron chi connectivity index (χ2n) is 4.18. The normalized spacial score (nSPS) is 10.9. The van der Waals surface area contributed by atoms with Gasteiger partial charge in [0.1, 0.15) is 12.2 Å². The van der Waals surface area contributed by atoms with Crippen LogP contribution in [0.2, 0.25) is 0 Å². The fourth-order valence-electron chi connectivity index (χ4n) is 1.36. The maximum Gasteiger partial charge on any atom is 0.471 e. The minimum Gasteiger partial charge on any atom is -0.409 e. The van der Waals surface area contributed by atoms with Crippen LogP contribution >= 0.6 is 0 Å². The number of hydrogen-bond acceptors (Lipinski definition) is 7. The molecule has 0 aromatic carbocycles. The first-order chi connectivity index (χ1) is 10.8. The molecule has 1 amide bonds. The number of hydrogen-bond donors (Lipinski definition) is 0. The quantitative estimate of drug-likeness (QED) is 0.795. The zero-order valence-electron chi connectivity index (χ0n) is 11.5. The summed E-state index contributed by atoms with van der Waals surface area (Å²) >= 11 is 0. The summed E-state index contributed by atoms with van der Waals surface area (Å²) in [6, 6.07) is 4.33. The Morgan fingerprint density at radius 3 is 2.74 bits per heavy atom. The van der Waals surface area contributed by atoms with E-state index >= 15 is 0 Å². The molecule has 23 heavy (non-hydrogen) atoms. The van der Waals surface area contributed by atoms with Crippen molar-refractivity contribution >= 4 is 6.09 Å². The van der Waals surface area contributed by atoms with Crippen LogP contribution in [-0.4, -0.2) is 39.7 Å². The lowest BCUT2D eigenvalue weighted by molar-refractivity contribution is -0.159. The highest BCUT2D eigenvalue weighted by Crippen LogP contribution is 2.29. The van der Waals surface area contributed by atoms with Gasteiger partial charge in [-0.3, -0.25) is 4.90 Å². The number of carbonyl (C=O) groups is 1. The molecule has 0 spiro atoms. The maximum atomic E-state index is 12.4. The van der Waals surface area contributed by atoms with Crippen molar-refractivity contribution in [2.24, 2.45) is 0 Å². The predicted octanol–water partition coefficient (Wildman–Crippen LogP) is 2.10. The third kappa shape index (κ3) is 3.94. The summed E-state index contributed by atoms with van der Waals surface area (Å²) in [4.78, 5) is 19.5. The second kappa shape index (κ2) is 6.30. The van der Waals surface area contributed by atoms with E-state index in [1.165, 1.54) is 19.2 Å². The number of alkyl halides is 3. The van der Waals surface area contributed by atoms with Crippen molar-refractivity contribution in [1.82, 2.24) is 20.0 Å². The molecule has 0 bridgehead atoms. The van der Waals surface area contributed by atoms with Gasteiger partial charge in [-0.25, -0.2) is 9.78 Å². The molecule has 0 aliphatic rings. The molecule has 2 rings (SSSR count). The van der Waals surface area contributed by atoms with Crippen LogP contribution in [0.4, 0.5) is 18.0 Å². The first kappa shape index (κ1) is 16.2. The molecule has 2 heterocycles. The van der Waals surface area contributed by atoms with E-state index in [-0.39, 0.29) is 23.8 Å². The van der Waals surface area contributed by atoms with E-state index in [0.717, 1.165) is 11.1 Å². The zero-order chi connectivity index (χ0) is 17.0. The highest BCUT2D eigenvalue weighted by atomic mass is 19.4. The largest absolute Gasteiger partial charge is 0.471 e. The molecule has 8 nitrogen and oxygen atoms in total. The number of nitriles is 1. The molecule has 0 saturated carbocycles. The highest BCUT2D eigenvalue weighted by molar-refractivity contribution is 5.70. The first-order valence-corrected chi connectivity index (χ1v) is 5.98. The molecule has 0 saturated heterocycles. The average molecular weight is 327 g/mol. The molecule has 0 atom stereocenters. The number of amides is 1. The average Bonchev–Trinajstić information content (AvgIpc) is 2.98. The Morgan fingerprint density at radius 2 is 2.22 bits per heavy atom. The first-order valence-electron chi connectivity index (χ1n) is 5.98. The molecule has 0 unspecified atom stereocenters. The summed E-state index contributed by atoms with van der Waals surface area (Å²) < 4.78 is 46.1. The smallest absolute Gasteiger partial charge is 0.409 e. The number of nitrogens with zero attached hydrogens (tertiary/aromatic N) is 5. The van der Waals surface area contributed by atoms with Gasteiger partial charge in [-0.1, -0.05) is 5.16 Å². The molecule has 0 fully saturated rings. The molecule has 11 heteroatoms. The van der Waals surface area contributed by atoms with Crippen LogP contribution in [0.15, 0.2) is 22.9 Å². The number of pyridine rings is 1. The van der Waals surface area contributed by atoms with Crippen LogP contribution < -0.4 is 4.74 Å². The summed E-state index contributed by atoms with van der Waals surface area (Å²) in [5.74, 6) is -1.79. The fourth-order valence-corrected chi connectivity index (χ4v) is 1.36. The van der Waals surface area contributed by atoms with E-state index in [1.54, 1.807) is 6.07 Å². The van der Waals surface area contributed by atoms with Crippen LogP contribution in [0.3, 0.4) is 0 Å². The van der Waals surface area contributed by atoms with E-state index in [0.29, 0.717) is 0 Å². The molecule has 0 radical (unpaired) electrons. The van der Waals surface area contributed by atoms with E-state index in [1.807, 2.05) is 0 Å². The summed E-state index contributed by atoms with van der Waals surface area (Å²) in [6.45, 7) is -0.159. The van der Waals surface area contributed by atoms with Crippen molar-refractivity contribution in [3.05, 3.63) is 24.2 Å². The summed E-state index contributed by atoms with van der Waals surface area (Å²) in [6.07, 6.45) is -4.41. The highest BCUT2D eigenvalue weighted by Gasteiger charge is 2.38. The maximum absolute atomic E-state index is 12.4.